The van der Waals surface area contributed by atoms with Crippen molar-refractivity contribution in [1.82, 2.24) is 0 Å². The van der Waals surface area contributed by atoms with E-state index in [0.29, 0.717) is 0 Å². The zero-order valence-electron chi connectivity index (χ0n) is 12.2. The van der Waals surface area contributed by atoms with Crippen molar-refractivity contribution < 1.29 is 5.11 Å². The largest absolute Gasteiger partial charge is 0.396 e. The fraction of sp³-hybridized carbons (Fsp3) is 0.444. The van der Waals surface area contributed by atoms with Crippen LogP contribution in [0.25, 0.3) is 0 Å². The van der Waals surface area contributed by atoms with Crippen LogP contribution < -0.4 is 0 Å². The normalized spacial score (nSPS) is 11.9. The molecule has 0 aliphatic heterocycles. The van der Waals surface area contributed by atoms with Gasteiger partial charge in [-0.15, -0.1) is 0 Å². The van der Waals surface area contributed by atoms with Crippen LogP contribution in [-0.4, -0.2) is 11.7 Å². The van der Waals surface area contributed by atoms with Crippen LogP contribution in [0.1, 0.15) is 45.6 Å². The van der Waals surface area contributed by atoms with Crippen LogP contribution in [0.5, 0.6) is 0 Å². The average molecular weight is 256 g/mol. The third-order valence-electron chi connectivity index (χ3n) is 2.89. The van der Waals surface area contributed by atoms with Gasteiger partial charge in [-0.1, -0.05) is 41.7 Å². The molecule has 0 unspecified atom stereocenters. The van der Waals surface area contributed by atoms with Crippen molar-refractivity contribution in [3.8, 4) is 11.8 Å². The Labute approximate surface area is 117 Å². The SMILES string of the molecule is CC(=CCCCO)CC(C)(C)C#Cc1ccccc1. The molecule has 0 amide bonds. The van der Waals surface area contributed by atoms with E-state index >= 15 is 0 Å². The fourth-order valence-electron chi connectivity index (χ4n) is 2.02. The summed E-state index contributed by atoms with van der Waals surface area (Å²) in [5.41, 5.74) is 2.40. The summed E-state index contributed by atoms with van der Waals surface area (Å²) < 4.78 is 0. The van der Waals surface area contributed by atoms with Gasteiger partial charge in [0.2, 0.25) is 0 Å². The minimum atomic E-state index is -0.0182. The molecule has 0 spiro atoms. The van der Waals surface area contributed by atoms with E-state index in [2.05, 4.69) is 38.7 Å². The first-order chi connectivity index (χ1) is 9.03. The minimum absolute atomic E-state index is 0.0182. The molecule has 0 bridgehead atoms. The van der Waals surface area contributed by atoms with Gasteiger partial charge in [-0.25, -0.2) is 0 Å². The number of aliphatic hydroxyl groups is 1. The topological polar surface area (TPSA) is 20.2 Å². The van der Waals surface area contributed by atoms with Gasteiger partial charge in [0.05, 0.1) is 0 Å². The predicted octanol–water partition coefficient (Wildman–Crippen LogP) is 4.17. The van der Waals surface area contributed by atoms with Crippen molar-refractivity contribution in [2.24, 2.45) is 5.41 Å². The molecule has 1 nitrogen and oxygen atoms in total. The van der Waals surface area contributed by atoms with Gasteiger partial charge in [0.1, 0.15) is 0 Å². The van der Waals surface area contributed by atoms with Gasteiger partial charge in [0, 0.05) is 17.6 Å². The van der Waals surface area contributed by atoms with Gasteiger partial charge in [0.15, 0.2) is 0 Å². The van der Waals surface area contributed by atoms with Gasteiger partial charge >= 0.3 is 0 Å². The van der Waals surface area contributed by atoms with Crippen molar-refractivity contribution in [2.45, 2.75) is 40.0 Å². The summed E-state index contributed by atoms with van der Waals surface area (Å²) in [4.78, 5) is 0. The number of benzene rings is 1. The smallest absolute Gasteiger partial charge is 0.0433 e. The Kier molecular flexibility index (Phi) is 6.39. The quantitative estimate of drug-likeness (QED) is 0.476. The van der Waals surface area contributed by atoms with Gasteiger partial charge < -0.3 is 5.11 Å². The van der Waals surface area contributed by atoms with E-state index in [1.54, 1.807) is 0 Å². The lowest BCUT2D eigenvalue weighted by Gasteiger charge is -2.17. The standard InChI is InChI=1S/C18H24O/c1-16(9-7-8-14-19)15-18(2,3)13-12-17-10-5-4-6-11-17/h4-6,9-11,19H,7-8,14-15H2,1-3H3. The summed E-state index contributed by atoms with van der Waals surface area (Å²) in [5.74, 6) is 6.60. The Bertz CT molecular complexity index is 457. The van der Waals surface area contributed by atoms with E-state index in [1.165, 1.54) is 5.57 Å². The van der Waals surface area contributed by atoms with Crippen molar-refractivity contribution in [3.05, 3.63) is 47.5 Å². The molecule has 19 heavy (non-hydrogen) atoms. The Hall–Kier alpha value is -1.52. The van der Waals surface area contributed by atoms with Gasteiger partial charge in [-0.3, -0.25) is 0 Å². The lowest BCUT2D eigenvalue weighted by atomic mass is 9.86. The number of rotatable bonds is 5. The minimum Gasteiger partial charge on any atom is -0.396 e. The summed E-state index contributed by atoms with van der Waals surface area (Å²) in [5, 5.41) is 8.77. The highest BCUT2D eigenvalue weighted by Gasteiger charge is 2.14. The highest BCUT2D eigenvalue weighted by molar-refractivity contribution is 5.35. The molecule has 102 valence electrons. The van der Waals surface area contributed by atoms with Crippen molar-refractivity contribution in [3.63, 3.8) is 0 Å². The second-order valence-corrected chi connectivity index (χ2v) is 5.59. The maximum atomic E-state index is 8.77. The summed E-state index contributed by atoms with van der Waals surface area (Å²) in [6.07, 6.45) is 4.97. The fourth-order valence-corrected chi connectivity index (χ4v) is 2.02. The van der Waals surface area contributed by atoms with E-state index in [4.69, 9.17) is 5.11 Å². The third-order valence-corrected chi connectivity index (χ3v) is 2.89. The first kappa shape index (κ1) is 15.5. The molecule has 0 aliphatic rings. The Morgan fingerprint density at radius 2 is 1.95 bits per heavy atom. The van der Waals surface area contributed by atoms with Gasteiger partial charge in [0.25, 0.3) is 0 Å². The molecule has 1 N–H and O–H groups in total. The second kappa shape index (κ2) is 7.81. The van der Waals surface area contributed by atoms with Crippen LogP contribution in [-0.2, 0) is 0 Å². The lowest BCUT2D eigenvalue weighted by Crippen LogP contribution is -2.08. The highest BCUT2D eigenvalue weighted by atomic mass is 16.2. The Morgan fingerprint density at radius 3 is 2.58 bits per heavy atom. The third kappa shape index (κ3) is 6.84. The van der Waals surface area contributed by atoms with Crippen LogP contribution >= 0.6 is 0 Å². The van der Waals surface area contributed by atoms with Gasteiger partial charge in [-0.2, -0.15) is 0 Å². The molecule has 1 rings (SSSR count). The zero-order valence-corrected chi connectivity index (χ0v) is 12.2. The van der Waals surface area contributed by atoms with E-state index < -0.39 is 0 Å². The van der Waals surface area contributed by atoms with Gasteiger partial charge in [-0.05, 0) is 52.2 Å². The first-order valence-electron chi connectivity index (χ1n) is 6.88. The first-order valence-corrected chi connectivity index (χ1v) is 6.88. The second-order valence-electron chi connectivity index (χ2n) is 5.59. The van der Waals surface area contributed by atoms with Crippen LogP contribution in [0.3, 0.4) is 0 Å². The molecule has 0 radical (unpaired) electrons. The molecule has 1 aromatic rings. The molecule has 0 atom stereocenters. The van der Waals surface area contributed by atoms with Crippen molar-refractivity contribution in [1.29, 1.82) is 0 Å². The number of hydrogen-bond acceptors (Lipinski definition) is 1. The monoisotopic (exact) mass is 256 g/mol. The molecule has 0 saturated heterocycles. The van der Waals surface area contributed by atoms with Crippen molar-refractivity contribution >= 4 is 0 Å². The average Bonchev–Trinajstić information content (AvgIpc) is 2.37. The van der Waals surface area contributed by atoms with Crippen LogP contribution in [0.2, 0.25) is 0 Å². The van der Waals surface area contributed by atoms with Crippen molar-refractivity contribution in [2.75, 3.05) is 6.61 Å². The van der Waals surface area contributed by atoms with Crippen LogP contribution in [0, 0.1) is 17.3 Å². The Morgan fingerprint density at radius 1 is 1.26 bits per heavy atom. The van der Waals surface area contributed by atoms with E-state index in [0.717, 1.165) is 24.8 Å². The lowest BCUT2D eigenvalue weighted by molar-refractivity contribution is 0.289. The molecule has 0 saturated carbocycles. The maximum Gasteiger partial charge on any atom is 0.0433 e. The van der Waals surface area contributed by atoms with Crippen LogP contribution in [0.15, 0.2) is 42.0 Å². The molecule has 0 heterocycles. The summed E-state index contributed by atoms with van der Waals surface area (Å²) in [6.45, 7) is 6.75. The van der Waals surface area contributed by atoms with E-state index in [-0.39, 0.29) is 12.0 Å². The molecular weight excluding hydrogens is 232 g/mol. The number of unbranched alkanes of at least 4 members (excludes halogenated alkanes) is 1. The summed E-state index contributed by atoms with van der Waals surface area (Å²) in [7, 11) is 0. The zero-order chi connectivity index (χ0) is 14.1. The number of hydrogen-bond donors (Lipinski definition) is 1. The van der Waals surface area contributed by atoms with E-state index in [9.17, 15) is 0 Å². The Balaban J connectivity index is 2.61. The molecule has 0 fully saturated rings. The summed E-state index contributed by atoms with van der Waals surface area (Å²) in [6, 6.07) is 10.1. The number of aliphatic hydroxyl groups excluding tert-OH is 1. The molecule has 1 aromatic carbocycles. The maximum absolute atomic E-state index is 8.77. The molecule has 1 heteroatoms. The van der Waals surface area contributed by atoms with E-state index in [1.807, 2.05) is 30.3 Å². The predicted molar refractivity (Wildman–Crippen MR) is 81.8 cm³/mol. The van der Waals surface area contributed by atoms with Crippen LogP contribution in [0.4, 0.5) is 0 Å². The number of allylic oxidation sites excluding steroid dienone is 2. The molecule has 0 aromatic heterocycles. The molecule has 0 aliphatic carbocycles. The summed E-state index contributed by atoms with van der Waals surface area (Å²) >= 11 is 0. The molecular formula is C18H24O. The highest BCUT2D eigenvalue weighted by Crippen LogP contribution is 2.24.